The molecule has 2 saturated carbocycles. The van der Waals surface area contributed by atoms with E-state index in [1.807, 2.05) is 6.92 Å². The van der Waals surface area contributed by atoms with Crippen molar-refractivity contribution in [1.29, 1.82) is 0 Å². The van der Waals surface area contributed by atoms with Crippen LogP contribution in [0.1, 0.15) is 26.7 Å². The van der Waals surface area contributed by atoms with Crippen LogP contribution in [0.3, 0.4) is 0 Å². The highest BCUT2D eigenvalue weighted by molar-refractivity contribution is 6.23. The number of hydrogen-bond donors (Lipinski definition) is 0. The van der Waals surface area contributed by atoms with E-state index in [0.717, 1.165) is 12.8 Å². The molecule has 5 aliphatic rings. The minimum atomic E-state index is -0.563. The van der Waals surface area contributed by atoms with Crippen molar-refractivity contribution in [2.45, 2.75) is 33.0 Å². The molecule has 9 atom stereocenters. The van der Waals surface area contributed by atoms with Gasteiger partial charge in [-0.25, -0.2) is 0 Å². The number of fused-ring (bicyclic) bond motifs is 6. The van der Waals surface area contributed by atoms with Crippen LogP contribution in [0.5, 0.6) is 11.5 Å². The first-order chi connectivity index (χ1) is 21.3. The molecule has 9 heteroatoms. The Bertz CT molecular complexity index is 1500. The van der Waals surface area contributed by atoms with Crippen molar-refractivity contribution in [3.05, 3.63) is 73.3 Å². The molecule has 2 aromatic carbocycles. The van der Waals surface area contributed by atoms with E-state index in [4.69, 9.17) is 14.2 Å². The van der Waals surface area contributed by atoms with Gasteiger partial charge in [-0.1, -0.05) is 25.2 Å². The molecule has 0 spiro atoms. The number of anilines is 2. The number of nitrogens with zero attached hydrogens (tertiary/aromatic N) is 2. The van der Waals surface area contributed by atoms with Gasteiger partial charge in [0.25, 0.3) is 0 Å². The number of allylic oxidation sites excluding steroid dienone is 3. The number of carbonyl (C=O) groups is 4. The van der Waals surface area contributed by atoms with E-state index < -0.39 is 6.29 Å². The Balaban J connectivity index is 0.875. The van der Waals surface area contributed by atoms with Gasteiger partial charge < -0.3 is 14.2 Å². The summed E-state index contributed by atoms with van der Waals surface area (Å²) in [5.41, 5.74) is 1.11. The normalized spacial score (nSPS) is 32.4. The molecular weight excluding hydrogens is 560 g/mol. The number of amides is 4. The van der Waals surface area contributed by atoms with Crippen LogP contribution in [0.15, 0.2) is 73.3 Å². The molecule has 0 radical (unpaired) electrons. The van der Waals surface area contributed by atoms with Crippen LogP contribution in [0.4, 0.5) is 11.4 Å². The first-order valence-corrected chi connectivity index (χ1v) is 15.4. The van der Waals surface area contributed by atoms with Crippen LogP contribution in [0, 0.1) is 47.3 Å². The second-order valence-corrected chi connectivity index (χ2v) is 12.6. The topological polar surface area (TPSA) is 102 Å². The van der Waals surface area contributed by atoms with Gasteiger partial charge in [0.15, 0.2) is 6.29 Å². The fourth-order valence-electron chi connectivity index (χ4n) is 8.10. The van der Waals surface area contributed by atoms with Crippen LogP contribution in [-0.4, -0.2) is 43.1 Å². The van der Waals surface area contributed by atoms with Gasteiger partial charge in [0.05, 0.1) is 41.7 Å². The molecular formula is C35H36N2O7. The lowest BCUT2D eigenvalue weighted by molar-refractivity contribution is -0.124. The molecule has 2 saturated heterocycles. The molecule has 0 aromatic heterocycles. The van der Waals surface area contributed by atoms with Crippen molar-refractivity contribution in [2.24, 2.45) is 47.3 Å². The summed E-state index contributed by atoms with van der Waals surface area (Å²) in [5.74, 6) is 0.138. The quantitative estimate of drug-likeness (QED) is 0.169. The van der Waals surface area contributed by atoms with E-state index in [2.05, 4.69) is 18.7 Å². The second-order valence-electron chi connectivity index (χ2n) is 12.6. The van der Waals surface area contributed by atoms with E-state index in [1.165, 1.54) is 9.80 Å². The van der Waals surface area contributed by atoms with Gasteiger partial charge in [0, 0.05) is 0 Å². The standard InChI is InChI=1S/C35H36N2O7/c1-4-21-17-19(2)28-29(21)33(39)36(32(28)38)25-9-13-27(14-10-25)44-20(3)42-15-16-43-26-11-7-24(8-12-26)37-34(40)30-22-5-6-23(18-22)31(30)35(37)41/h4-14,19-23,28-31H,1,15-18H2,2-3H3. The van der Waals surface area contributed by atoms with Gasteiger partial charge in [0.2, 0.25) is 23.6 Å². The zero-order valence-electron chi connectivity index (χ0n) is 24.8. The van der Waals surface area contributed by atoms with Crippen LogP contribution in [-0.2, 0) is 23.9 Å². The van der Waals surface area contributed by atoms with Gasteiger partial charge in [-0.05, 0) is 92.0 Å². The summed E-state index contributed by atoms with van der Waals surface area (Å²) < 4.78 is 17.4. The Morgan fingerprint density at radius 3 is 1.84 bits per heavy atom. The first-order valence-electron chi connectivity index (χ1n) is 15.4. The summed E-state index contributed by atoms with van der Waals surface area (Å²) in [6.07, 6.45) is 7.14. The molecule has 0 N–H and O–H groups in total. The lowest BCUT2D eigenvalue weighted by Crippen LogP contribution is -2.33. The Morgan fingerprint density at radius 1 is 0.750 bits per heavy atom. The molecule has 2 heterocycles. The van der Waals surface area contributed by atoms with Crippen molar-refractivity contribution < 1.29 is 33.4 Å². The average Bonchev–Trinajstić information content (AvgIpc) is 3.82. The number of carbonyl (C=O) groups excluding carboxylic acids is 4. The monoisotopic (exact) mass is 596 g/mol. The minimum Gasteiger partial charge on any atom is -0.491 e. The average molecular weight is 597 g/mol. The van der Waals surface area contributed by atoms with Crippen LogP contribution in [0.2, 0.25) is 0 Å². The van der Waals surface area contributed by atoms with Gasteiger partial charge in [-0.15, -0.1) is 6.58 Å². The van der Waals surface area contributed by atoms with Gasteiger partial charge >= 0.3 is 0 Å². The molecule has 2 bridgehead atoms. The summed E-state index contributed by atoms with van der Waals surface area (Å²) in [7, 11) is 0. The fraction of sp³-hybridized carbons (Fsp3) is 0.429. The smallest absolute Gasteiger partial charge is 0.238 e. The fourth-order valence-corrected chi connectivity index (χ4v) is 8.10. The number of ether oxygens (including phenoxy) is 3. The van der Waals surface area contributed by atoms with E-state index >= 15 is 0 Å². The predicted octanol–water partition coefficient (Wildman–Crippen LogP) is 4.77. The molecule has 4 fully saturated rings. The Kier molecular flexibility index (Phi) is 7.16. The van der Waals surface area contributed by atoms with Gasteiger partial charge in [-0.3, -0.25) is 29.0 Å². The Morgan fingerprint density at radius 2 is 1.27 bits per heavy atom. The van der Waals surface area contributed by atoms with Crippen molar-refractivity contribution in [2.75, 3.05) is 23.0 Å². The number of hydrogen-bond acceptors (Lipinski definition) is 7. The molecule has 228 valence electrons. The summed E-state index contributed by atoms with van der Waals surface area (Å²) in [5, 5.41) is 0. The van der Waals surface area contributed by atoms with Crippen molar-refractivity contribution in [3.63, 3.8) is 0 Å². The maximum Gasteiger partial charge on any atom is 0.238 e. The molecule has 2 aromatic rings. The highest BCUT2D eigenvalue weighted by Crippen LogP contribution is 2.53. The van der Waals surface area contributed by atoms with Crippen molar-refractivity contribution in [3.8, 4) is 11.5 Å². The zero-order chi connectivity index (χ0) is 30.7. The molecule has 9 nitrogen and oxygen atoms in total. The minimum absolute atomic E-state index is 0.0272. The summed E-state index contributed by atoms with van der Waals surface area (Å²) >= 11 is 0. The molecule has 9 unspecified atom stereocenters. The second kappa shape index (κ2) is 11.0. The molecule has 4 amide bonds. The van der Waals surface area contributed by atoms with Crippen molar-refractivity contribution >= 4 is 35.0 Å². The number of benzene rings is 2. The molecule has 2 aliphatic heterocycles. The third-order valence-electron chi connectivity index (χ3n) is 10.1. The van der Waals surface area contributed by atoms with Crippen LogP contribution >= 0.6 is 0 Å². The predicted molar refractivity (Wildman–Crippen MR) is 162 cm³/mol. The molecule has 7 rings (SSSR count). The van der Waals surface area contributed by atoms with Crippen molar-refractivity contribution in [1.82, 2.24) is 0 Å². The van der Waals surface area contributed by atoms with Crippen LogP contribution in [0.25, 0.3) is 0 Å². The number of rotatable bonds is 10. The number of imide groups is 2. The maximum atomic E-state index is 13.2. The SMILES string of the molecule is C=CC1CC(C)C2C(=O)N(c3ccc(OC(C)OCCOc4ccc(N5C(=O)C6C7C=CC(C7)C6C5=O)cc4)cc3)C(=O)C12. The van der Waals surface area contributed by atoms with Crippen LogP contribution < -0.4 is 19.3 Å². The zero-order valence-corrected chi connectivity index (χ0v) is 24.8. The highest BCUT2D eigenvalue weighted by Gasteiger charge is 2.60. The first kappa shape index (κ1) is 28.5. The molecule has 44 heavy (non-hydrogen) atoms. The lowest BCUT2D eigenvalue weighted by atomic mass is 9.85. The maximum absolute atomic E-state index is 13.2. The van der Waals surface area contributed by atoms with Gasteiger partial charge in [0.1, 0.15) is 18.1 Å². The lowest BCUT2D eigenvalue weighted by Gasteiger charge is -2.20. The van der Waals surface area contributed by atoms with E-state index in [1.54, 1.807) is 61.5 Å². The van der Waals surface area contributed by atoms with Gasteiger partial charge in [-0.2, -0.15) is 0 Å². The third-order valence-corrected chi connectivity index (χ3v) is 10.1. The molecule has 3 aliphatic carbocycles. The summed E-state index contributed by atoms with van der Waals surface area (Å²) in [6.45, 7) is 8.22. The largest absolute Gasteiger partial charge is 0.491 e. The Hall–Kier alpha value is -4.24. The summed E-state index contributed by atoms with van der Waals surface area (Å²) in [6, 6.07) is 13.9. The summed E-state index contributed by atoms with van der Waals surface area (Å²) in [4.78, 5) is 55.0. The third kappa shape index (κ3) is 4.56. The van der Waals surface area contributed by atoms with E-state index in [9.17, 15) is 19.2 Å². The van der Waals surface area contributed by atoms with E-state index in [-0.39, 0.29) is 84.2 Å². The van der Waals surface area contributed by atoms with E-state index in [0.29, 0.717) is 22.9 Å². The Labute approximate surface area is 256 Å². The highest BCUT2D eigenvalue weighted by atomic mass is 16.7.